The Balaban J connectivity index is 1.62. The Hall–Kier alpha value is -2.90. The molecule has 3 aromatic rings. The number of anilines is 3. The van der Waals surface area contributed by atoms with Gasteiger partial charge in [-0.05, 0) is 43.4 Å². The molecule has 0 amide bonds. The fourth-order valence-electron chi connectivity index (χ4n) is 2.85. The molecule has 0 atom stereocenters. The summed E-state index contributed by atoms with van der Waals surface area (Å²) in [7, 11) is 2.11. The maximum Gasteiger partial charge on any atom is 0.328 e. The van der Waals surface area contributed by atoms with Crippen molar-refractivity contribution in [1.82, 2.24) is 19.9 Å². The van der Waals surface area contributed by atoms with Gasteiger partial charge in [0.05, 0.1) is 0 Å². The highest BCUT2D eigenvalue weighted by atomic mass is 35.5. The van der Waals surface area contributed by atoms with Crippen molar-refractivity contribution in [2.45, 2.75) is 0 Å². The van der Waals surface area contributed by atoms with Crippen LogP contribution in [-0.4, -0.2) is 53.1 Å². The second-order valence-corrected chi connectivity index (χ2v) is 7.02. The van der Waals surface area contributed by atoms with Crippen molar-refractivity contribution in [2.24, 2.45) is 0 Å². The fourth-order valence-corrected chi connectivity index (χ4v) is 2.98. The summed E-state index contributed by atoms with van der Waals surface area (Å²) in [6.45, 7) is 3.62. The number of nitrogens with one attached hydrogen (secondary N) is 1. The lowest BCUT2D eigenvalue weighted by Crippen LogP contribution is -2.45. The first kappa shape index (κ1) is 18.5. The van der Waals surface area contributed by atoms with E-state index < -0.39 is 0 Å². The van der Waals surface area contributed by atoms with E-state index in [1.54, 1.807) is 0 Å². The van der Waals surface area contributed by atoms with E-state index in [2.05, 4.69) is 37.1 Å². The van der Waals surface area contributed by atoms with Crippen LogP contribution in [0.25, 0.3) is 0 Å². The molecule has 1 aromatic heterocycles. The van der Waals surface area contributed by atoms with Crippen LogP contribution in [0.4, 0.5) is 17.6 Å². The minimum absolute atomic E-state index is 0.256. The lowest BCUT2D eigenvalue weighted by molar-refractivity contribution is 0.310. The zero-order valence-electron chi connectivity index (χ0n) is 15.5. The standard InChI is InChI=1S/C20H21ClN6O/c1-26-11-13-27(14-12-26)19-23-18(22-16-9-7-15(21)8-10-16)24-20(25-19)28-17-5-3-2-4-6-17/h2-10H,11-14H2,1H3,(H,22,23,24,25). The van der Waals surface area contributed by atoms with Crippen molar-refractivity contribution < 1.29 is 4.74 Å². The van der Waals surface area contributed by atoms with Crippen LogP contribution in [0.2, 0.25) is 5.02 Å². The van der Waals surface area contributed by atoms with Gasteiger partial charge in [0.1, 0.15) is 5.75 Å². The second-order valence-electron chi connectivity index (χ2n) is 6.58. The molecular weight excluding hydrogens is 376 g/mol. The van der Waals surface area contributed by atoms with E-state index in [1.807, 2.05) is 54.6 Å². The molecule has 1 aliphatic rings. The van der Waals surface area contributed by atoms with Crippen LogP contribution in [-0.2, 0) is 0 Å². The van der Waals surface area contributed by atoms with Crippen LogP contribution >= 0.6 is 11.6 Å². The van der Waals surface area contributed by atoms with Crippen molar-refractivity contribution in [1.29, 1.82) is 0 Å². The van der Waals surface area contributed by atoms with E-state index in [9.17, 15) is 0 Å². The number of para-hydroxylation sites is 1. The van der Waals surface area contributed by atoms with Crippen molar-refractivity contribution in [3.8, 4) is 11.8 Å². The monoisotopic (exact) mass is 396 g/mol. The fraction of sp³-hybridized carbons (Fsp3) is 0.250. The highest BCUT2D eigenvalue weighted by molar-refractivity contribution is 6.30. The predicted octanol–water partition coefficient (Wildman–Crippen LogP) is 3.81. The quantitative estimate of drug-likeness (QED) is 0.703. The van der Waals surface area contributed by atoms with Crippen LogP contribution in [0, 0.1) is 0 Å². The number of rotatable bonds is 5. The third-order valence-corrected chi connectivity index (χ3v) is 4.69. The van der Waals surface area contributed by atoms with Crippen LogP contribution < -0.4 is 15.0 Å². The first-order chi connectivity index (χ1) is 13.7. The third-order valence-electron chi connectivity index (χ3n) is 4.44. The molecule has 1 saturated heterocycles. The molecule has 28 heavy (non-hydrogen) atoms. The first-order valence-electron chi connectivity index (χ1n) is 9.11. The molecule has 0 spiro atoms. The lowest BCUT2D eigenvalue weighted by atomic mass is 10.3. The van der Waals surface area contributed by atoms with E-state index in [4.69, 9.17) is 16.3 Å². The van der Waals surface area contributed by atoms with E-state index in [-0.39, 0.29) is 6.01 Å². The molecule has 2 heterocycles. The van der Waals surface area contributed by atoms with E-state index in [0.717, 1.165) is 31.9 Å². The number of hydrogen-bond acceptors (Lipinski definition) is 7. The Bertz CT molecular complexity index is 914. The van der Waals surface area contributed by atoms with Crippen LogP contribution in [0.1, 0.15) is 0 Å². The van der Waals surface area contributed by atoms with Crippen LogP contribution in [0.5, 0.6) is 11.8 Å². The number of ether oxygens (including phenoxy) is 1. The third kappa shape index (κ3) is 4.68. The van der Waals surface area contributed by atoms with Gasteiger partial charge in [0.2, 0.25) is 11.9 Å². The van der Waals surface area contributed by atoms with Gasteiger partial charge in [-0.1, -0.05) is 29.8 Å². The largest absolute Gasteiger partial charge is 0.424 e. The normalized spacial score (nSPS) is 14.7. The number of likely N-dealkylation sites (N-methyl/N-ethyl adjacent to an activating group) is 1. The summed E-state index contributed by atoms with van der Waals surface area (Å²) in [5.41, 5.74) is 0.839. The maximum absolute atomic E-state index is 5.97. The summed E-state index contributed by atoms with van der Waals surface area (Å²) in [5, 5.41) is 3.88. The van der Waals surface area contributed by atoms with Crippen molar-refractivity contribution >= 4 is 29.2 Å². The summed E-state index contributed by atoms with van der Waals surface area (Å²) in [6.07, 6.45) is 0. The van der Waals surface area contributed by atoms with E-state index in [1.165, 1.54) is 0 Å². The molecule has 1 fully saturated rings. The van der Waals surface area contributed by atoms with E-state index >= 15 is 0 Å². The molecule has 4 rings (SSSR count). The number of nitrogens with zero attached hydrogens (tertiary/aromatic N) is 5. The summed E-state index contributed by atoms with van der Waals surface area (Å²) < 4.78 is 5.87. The minimum Gasteiger partial charge on any atom is -0.424 e. The molecule has 1 aliphatic heterocycles. The molecule has 8 heteroatoms. The summed E-state index contributed by atoms with van der Waals surface area (Å²) in [6, 6.07) is 17.1. The van der Waals surface area contributed by atoms with Crippen molar-refractivity contribution in [3.63, 3.8) is 0 Å². The Morgan fingerprint density at radius 3 is 2.32 bits per heavy atom. The Morgan fingerprint density at radius 2 is 1.61 bits per heavy atom. The maximum atomic E-state index is 5.97. The Labute approximate surface area is 169 Å². The molecule has 1 N–H and O–H groups in total. The SMILES string of the molecule is CN1CCN(c2nc(Nc3ccc(Cl)cc3)nc(Oc3ccccc3)n2)CC1. The average Bonchev–Trinajstić information content (AvgIpc) is 2.71. The van der Waals surface area contributed by atoms with E-state index in [0.29, 0.717) is 22.7 Å². The molecule has 0 saturated carbocycles. The summed E-state index contributed by atoms with van der Waals surface area (Å²) in [4.78, 5) is 18.0. The van der Waals surface area contributed by atoms with Gasteiger partial charge < -0.3 is 19.9 Å². The number of piperazine rings is 1. The smallest absolute Gasteiger partial charge is 0.328 e. The van der Waals surface area contributed by atoms with Crippen LogP contribution in [0.15, 0.2) is 54.6 Å². The van der Waals surface area contributed by atoms with Gasteiger partial charge >= 0.3 is 6.01 Å². The first-order valence-corrected chi connectivity index (χ1v) is 9.48. The Kier molecular flexibility index (Phi) is 5.55. The highest BCUT2D eigenvalue weighted by Gasteiger charge is 2.19. The molecule has 0 bridgehead atoms. The van der Waals surface area contributed by atoms with Gasteiger partial charge in [0, 0.05) is 36.9 Å². The van der Waals surface area contributed by atoms with Gasteiger partial charge in [0.15, 0.2) is 0 Å². The number of aromatic nitrogens is 3. The van der Waals surface area contributed by atoms with Crippen molar-refractivity contribution in [2.75, 3.05) is 43.4 Å². The second kappa shape index (κ2) is 8.41. The average molecular weight is 397 g/mol. The van der Waals surface area contributed by atoms with Crippen LogP contribution in [0.3, 0.4) is 0 Å². The number of benzene rings is 2. The molecular formula is C20H21ClN6O. The highest BCUT2D eigenvalue weighted by Crippen LogP contribution is 2.24. The predicted molar refractivity (Wildman–Crippen MR) is 111 cm³/mol. The Morgan fingerprint density at radius 1 is 0.893 bits per heavy atom. The summed E-state index contributed by atoms with van der Waals surface area (Å²) >= 11 is 5.97. The van der Waals surface area contributed by atoms with Gasteiger partial charge in [-0.2, -0.15) is 15.0 Å². The molecule has 144 valence electrons. The molecule has 0 unspecified atom stereocenters. The molecule has 0 aliphatic carbocycles. The zero-order valence-corrected chi connectivity index (χ0v) is 16.3. The number of hydrogen-bond donors (Lipinski definition) is 1. The summed E-state index contributed by atoms with van der Waals surface area (Å²) in [5.74, 6) is 1.71. The molecule has 2 aromatic carbocycles. The lowest BCUT2D eigenvalue weighted by Gasteiger charge is -2.32. The molecule has 7 nitrogen and oxygen atoms in total. The van der Waals surface area contributed by atoms with Gasteiger partial charge in [-0.25, -0.2) is 0 Å². The van der Waals surface area contributed by atoms with Gasteiger partial charge in [0.25, 0.3) is 0 Å². The molecule has 0 radical (unpaired) electrons. The van der Waals surface area contributed by atoms with Crippen molar-refractivity contribution in [3.05, 3.63) is 59.6 Å². The van der Waals surface area contributed by atoms with Gasteiger partial charge in [-0.3, -0.25) is 0 Å². The van der Waals surface area contributed by atoms with Gasteiger partial charge in [-0.15, -0.1) is 0 Å². The number of halogens is 1. The zero-order chi connectivity index (χ0) is 19.3. The topological polar surface area (TPSA) is 66.4 Å². The minimum atomic E-state index is 0.256.